The first-order chi connectivity index (χ1) is 17.8. The van der Waals surface area contributed by atoms with E-state index < -0.39 is 86.2 Å². The number of rotatable bonds is 11. The Morgan fingerprint density at radius 3 is 1.70 bits per heavy atom. The number of alkyl halides is 5. The summed E-state index contributed by atoms with van der Waals surface area (Å²) in [5, 5.41) is -2.11. The molecule has 0 spiro atoms. The molecule has 2 atom stereocenters. The fourth-order valence-corrected chi connectivity index (χ4v) is 5.44. The minimum absolute atomic E-state index is 0. The Morgan fingerprint density at radius 1 is 0.800 bits per heavy atom. The van der Waals surface area contributed by atoms with Gasteiger partial charge >= 0.3 is 32.9 Å². The van der Waals surface area contributed by atoms with Crippen molar-refractivity contribution in [2.75, 3.05) is 6.61 Å². The average molecular weight is 639 g/mol. The van der Waals surface area contributed by atoms with Crippen molar-refractivity contribution in [3.63, 3.8) is 0 Å². The summed E-state index contributed by atoms with van der Waals surface area (Å²) in [5.41, 5.74) is 0.0277. The van der Waals surface area contributed by atoms with Crippen LogP contribution in [-0.2, 0) is 24.9 Å². The summed E-state index contributed by atoms with van der Waals surface area (Å²) in [6.45, 7) is -1.18. The summed E-state index contributed by atoms with van der Waals surface area (Å²) >= 11 is 0. The van der Waals surface area contributed by atoms with Crippen LogP contribution in [0.5, 0.6) is 0 Å². The molecule has 2 unspecified atom stereocenters. The van der Waals surface area contributed by atoms with Gasteiger partial charge in [-0.05, 0) is 30.0 Å². The SMILES string of the molecule is CCOC(OC(F)(F)C(F)(F)F)(O[Si](C)(OCc1ccccc1)c1c(F)c(F)c(F)c(F)c1F)C(F)=C(F)F.[SiH4]. The third kappa shape index (κ3) is 7.24. The number of benzene rings is 2. The summed E-state index contributed by atoms with van der Waals surface area (Å²) in [5.74, 6) is -21.9. The van der Waals surface area contributed by atoms with Gasteiger partial charge in [-0.3, -0.25) is 0 Å². The molecule has 0 aliphatic heterocycles. The first kappa shape index (κ1) is 35.6. The van der Waals surface area contributed by atoms with Gasteiger partial charge in [0.15, 0.2) is 23.3 Å². The average Bonchev–Trinajstić information content (AvgIpc) is 2.84. The summed E-state index contributed by atoms with van der Waals surface area (Å²) in [4.78, 5) is 0. The Hall–Kier alpha value is -2.46. The van der Waals surface area contributed by atoms with Gasteiger partial charge in [-0.2, -0.15) is 35.1 Å². The van der Waals surface area contributed by atoms with E-state index in [0.29, 0.717) is 0 Å². The maximum absolute atomic E-state index is 14.8. The van der Waals surface area contributed by atoms with Crippen LogP contribution in [0.2, 0.25) is 6.55 Å². The molecule has 0 N–H and O–H groups in total. The Kier molecular flexibility index (Phi) is 11.6. The van der Waals surface area contributed by atoms with E-state index in [2.05, 4.69) is 13.9 Å². The molecule has 0 aliphatic carbocycles. The van der Waals surface area contributed by atoms with Crippen molar-refractivity contribution in [2.24, 2.45) is 0 Å². The highest BCUT2D eigenvalue weighted by Crippen LogP contribution is 2.44. The molecular weight excluding hydrogens is 619 g/mol. The van der Waals surface area contributed by atoms with E-state index >= 15 is 0 Å². The lowest BCUT2D eigenvalue weighted by atomic mass is 10.2. The number of halogens is 13. The smallest absolute Gasteiger partial charge is 0.386 e. The topological polar surface area (TPSA) is 36.9 Å². The fraction of sp³-hybridized carbons (Fsp3) is 0.333. The maximum atomic E-state index is 14.8. The molecule has 0 aliphatic rings. The molecular formula is C21H19F13O4Si2. The van der Waals surface area contributed by atoms with Gasteiger partial charge in [-0.25, -0.2) is 26.7 Å². The lowest BCUT2D eigenvalue weighted by Gasteiger charge is -2.40. The molecule has 0 saturated carbocycles. The lowest BCUT2D eigenvalue weighted by molar-refractivity contribution is -0.482. The molecule has 226 valence electrons. The van der Waals surface area contributed by atoms with Crippen molar-refractivity contribution in [3.8, 4) is 0 Å². The first-order valence-electron chi connectivity index (χ1n) is 10.2. The van der Waals surface area contributed by atoms with Gasteiger partial charge in [0.25, 0.3) is 5.83 Å². The third-order valence-electron chi connectivity index (χ3n) is 4.71. The van der Waals surface area contributed by atoms with Gasteiger partial charge < -0.3 is 13.6 Å². The Morgan fingerprint density at radius 2 is 1.27 bits per heavy atom. The summed E-state index contributed by atoms with van der Waals surface area (Å²) in [6.07, 6.45) is -16.9. The maximum Gasteiger partial charge on any atom is 0.483 e. The van der Waals surface area contributed by atoms with Gasteiger partial charge in [0.05, 0.1) is 18.4 Å². The Bertz CT molecular complexity index is 1180. The normalized spacial score (nSPS) is 15.2. The van der Waals surface area contributed by atoms with E-state index in [1.165, 1.54) is 30.3 Å². The highest BCUT2D eigenvalue weighted by molar-refractivity contribution is 6.80. The quantitative estimate of drug-likeness (QED) is 0.109. The van der Waals surface area contributed by atoms with E-state index in [9.17, 15) is 57.1 Å². The van der Waals surface area contributed by atoms with Crippen LogP contribution < -0.4 is 5.19 Å². The number of hydrogen-bond donors (Lipinski definition) is 0. The van der Waals surface area contributed by atoms with Gasteiger partial charge in [0.2, 0.25) is 5.82 Å². The third-order valence-corrected chi connectivity index (χ3v) is 7.41. The highest BCUT2D eigenvalue weighted by Gasteiger charge is 2.67. The van der Waals surface area contributed by atoms with E-state index in [0.717, 1.165) is 6.92 Å². The predicted molar refractivity (Wildman–Crippen MR) is 118 cm³/mol. The molecule has 0 fully saturated rings. The summed E-state index contributed by atoms with van der Waals surface area (Å²) in [7, 11) is -5.88. The first-order valence-corrected chi connectivity index (χ1v) is 12.5. The molecule has 0 saturated heterocycles. The van der Waals surface area contributed by atoms with Crippen LogP contribution in [0.4, 0.5) is 57.1 Å². The van der Waals surface area contributed by atoms with E-state index in [-0.39, 0.29) is 23.1 Å². The number of hydrogen-bond acceptors (Lipinski definition) is 4. The zero-order chi connectivity index (χ0) is 30.0. The van der Waals surface area contributed by atoms with E-state index in [4.69, 9.17) is 4.43 Å². The lowest BCUT2D eigenvalue weighted by Crippen LogP contribution is -2.63. The van der Waals surface area contributed by atoms with Gasteiger partial charge in [-0.15, -0.1) is 0 Å². The number of ether oxygens (including phenoxy) is 2. The molecule has 2 aromatic carbocycles. The summed E-state index contributed by atoms with van der Waals surface area (Å²) in [6, 6.07) is 6.60. The molecule has 40 heavy (non-hydrogen) atoms. The van der Waals surface area contributed by atoms with Crippen molar-refractivity contribution in [1.29, 1.82) is 0 Å². The van der Waals surface area contributed by atoms with E-state index in [1.807, 2.05) is 0 Å². The van der Waals surface area contributed by atoms with Crippen LogP contribution >= 0.6 is 0 Å². The van der Waals surface area contributed by atoms with Gasteiger partial charge in [-0.1, -0.05) is 30.3 Å². The standard InChI is InChI=1S/C21H15F13O4Si.H4Si/c1-3-35-19(17(27)18(28)29,37-21(33,34)20(30,31)32)38-39(2,36-9-10-7-5-4-6-8-10)16-14(25)12(23)11(22)13(24)15(16)26;/h4-8H,3,9H2,1-2H3;1H4. The minimum Gasteiger partial charge on any atom is -0.386 e. The monoisotopic (exact) mass is 638 g/mol. The van der Waals surface area contributed by atoms with Gasteiger partial charge in [0, 0.05) is 0 Å². The van der Waals surface area contributed by atoms with Crippen LogP contribution in [0, 0.1) is 29.1 Å². The molecule has 2 rings (SSSR count). The molecule has 2 aromatic rings. The van der Waals surface area contributed by atoms with Crippen LogP contribution in [0.3, 0.4) is 0 Å². The Balaban J connectivity index is 0.00000800. The minimum atomic E-state index is -6.74. The molecule has 4 nitrogen and oxygen atoms in total. The largest absolute Gasteiger partial charge is 0.483 e. The van der Waals surface area contributed by atoms with Crippen molar-refractivity contribution in [1.82, 2.24) is 0 Å². The molecule has 19 heteroatoms. The summed E-state index contributed by atoms with van der Waals surface area (Å²) < 4.78 is 196. The second-order valence-electron chi connectivity index (χ2n) is 7.45. The second kappa shape index (κ2) is 13.0. The zero-order valence-electron chi connectivity index (χ0n) is 19.3. The van der Waals surface area contributed by atoms with Crippen LogP contribution in [0.25, 0.3) is 0 Å². The van der Waals surface area contributed by atoms with Crippen LogP contribution in [-0.4, -0.2) is 44.4 Å². The van der Waals surface area contributed by atoms with Crippen molar-refractivity contribution >= 4 is 24.7 Å². The molecule has 0 bridgehead atoms. The van der Waals surface area contributed by atoms with E-state index in [1.54, 1.807) is 0 Å². The highest BCUT2D eigenvalue weighted by atomic mass is 28.4. The molecule has 0 aromatic heterocycles. The van der Waals surface area contributed by atoms with Crippen LogP contribution in [0.15, 0.2) is 42.2 Å². The van der Waals surface area contributed by atoms with Crippen molar-refractivity contribution < 1.29 is 75.4 Å². The molecule has 0 heterocycles. The Labute approximate surface area is 222 Å². The fourth-order valence-electron chi connectivity index (χ4n) is 2.97. The predicted octanol–water partition coefficient (Wildman–Crippen LogP) is 5.38. The molecule has 0 radical (unpaired) electrons. The van der Waals surface area contributed by atoms with Crippen molar-refractivity contribution in [3.05, 3.63) is 76.9 Å². The van der Waals surface area contributed by atoms with Crippen molar-refractivity contribution in [2.45, 2.75) is 38.3 Å². The van der Waals surface area contributed by atoms with Gasteiger partial charge in [0.1, 0.15) is 0 Å². The molecule has 0 amide bonds. The zero-order valence-corrected chi connectivity index (χ0v) is 20.3. The second-order valence-corrected chi connectivity index (χ2v) is 10.3. The van der Waals surface area contributed by atoms with Crippen LogP contribution in [0.1, 0.15) is 12.5 Å².